The van der Waals surface area contributed by atoms with Gasteiger partial charge in [-0.15, -0.1) is 0 Å². The minimum absolute atomic E-state index is 0.147. The van der Waals surface area contributed by atoms with Crippen LogP contribution in [0.15, 0.2) is 58.3 Å². The second kappa shape index (κ2) is 10.9. The summed E-state index contributed by atoms with van der Waals surface area (Å²) < 4.78 is 52.0. The summed E-state index contributed by atoms with van der Waals surface area (Å²) in [6.07, 6.45) is 1.45. The molecule has 0 fully saturated rings. The molecule has 2 aromatic carbocycles. The van der Waals surface area contributed by atoms with Crippen molar-refractivity contribution >= 4 is 26.0 Å². The molecule has 170 valence electrons. The first-order chi connectivity index (χ1) is 14.6. The number of aryl methyl sites for hydroxylation is 1. The molecule has 0 aliphatic carbocycles. The van der Waals surface area contributed by atoms with Gasteiger partial charge in [0.2, 0.25) is 26.0 Å². The fraction of sp³-hybridized carbons (Fsp3) is 0.381. The number of benzene rings is 2. The minimum atomic E-state index is -3.50. The molecule has 2 aromatic rings. The first-order valence-corrected chi connectivity index (χ1v) is 12.9. The van der Waals surface area contributed by atoms with Crippen molar-refractivity contribution in [3.8, 4) is 0 Å². The van der Waals surface area contributed by atoms with E-state index >= 15 is 0 Å². The summed E-state index contributed by atoms with van der Waals surface area (Å²) in [7, 11) is -4.03. The normalized spacial score (nSPS) is 12.1. The van der Waals surface area contributed by atoms with E-state index < -0.39 is 20.0 Å². The van der Waals surface area contributed by atoms with Crippen molar-refractivity contribution in [2.75, 3.05) is 20.6 Å². The number of amides is 1. The van der Waals surface area contributed by atoms with Crippen LogP contribution < -0.4 is 10.0 Å². The van der Waals surface area contributed by atoms with Crippen molar-refractivity contribution in [3.05, 3.63) is 59.7 Å². The topological polar surface area (TPSA) is 113 Å². The Morgan fingerprint density at radius 3 is 1.97 bits per heavy atom. The first kappa shape index (κ1) is 25.0. The number of sulfonamides is 2. The maximum absolute atomic E-state index is 12.1. The smallest absolute Gasteiger partial charge is 0.242 e. The Kier molecular flexibility index (Phi) is 8.75. The van der Waals surface area contributed by atoms with E-state index in [1.807, 2.05) is 6.92 Å². The van der Waals surface area contributed by atoms with Gasteiger partial charge in [-0.25, -0.2) is 25.9 Å². The molecule has 0 spiro atoms. The second-order valence-electron chi connectivity index (χ2n) is 7.25. The molecule has 1 amide bonds. The van der Waals surface area contributed by atoms with Gasteiger partial charge in [0.15, 0.2) is 0 Å². The quantitative estimate of drug-likeness (QED) is 0.524. The van der Waals surface area contributed by atoms with Crippen molar-refractivity contribution in [2.45, 2.75) is 42.5 Å². The number of rotatable bonds is 11. The Morgan fingerprint density at radius 1 is 0.871 bits per heavy atom. The lowest BCUT2D eigenvalue weighted by atomic mass is 10.1. The lowest BCUT2D eigenvalue weighted by molar-refractivity contribution is -0.121. The van der Waals surface area contributed by atoms with Crippen LogP contribution in [0.25, 0.3) is 0 Å². The number of carbonyl (C=O) groups is 1. The Morgan fingerprint density at radius 2 is 1.42 bits per heavy atom. The second-order valence-corrected chi connectivity index (χ2v) is 11.2. The third-order valence-electron chi connectivity index (χ3n) is 4.61. The van der Waals surface area contributed by atoms with E-state index in [4.69, 9.17) is 0 Å². The number of nitrogens with one attached hydrogen (secondary N) is 2. The molecule has 0 unspecified atom stereocenters. The van der Waals surface area contributed by atoms with Crippen molar-refractivity contribution in [1.82, 2.24) is 14.3 Å². The lowest BCUT2D eigenvalue weighted by Crippen LogP contribution is -2.24. The predicted octanol–water partition coefficient (Wildman–Crippen LogP) is 1.87. The molecule has 0 aliphatic rings. The molecule has 10 heteroatoms. The summed E-state index contributed by atoms with van der Waals surface area (Å²) in [4.78, 5) is 12.5. The van der Waals surface area contributed by atoms with Gasteiger partial charge in [-0.1, -0.05) is 31.2 Å². The highest BCUT2D eigenvalue weighted by Crippen LogP contribution is 2.14. The molecule has 0 bridgehead atoms. The lowest BCUT2D eigenvalue weighted by Gasteiger charge is -2.12. The highest BCUT2D eigenvalue weighted by Gasteiger charge is 2.16. The summed E-state index contributed by atoms with van der Waals surface area (Å²) in [6, 6.07) is 12.9. The maximum Gasteiger partial charge on any atom is 0.242 e. The largest absolute Gasteiger partial charge is 0.352 e. The minimum Gasteiger partial charge on any atom is -0.352 e. The number of hydrogen-bond acceptors (Lipinski definition) is 5. The summed E-state index contributed by atoms with van der Waals surface area (Å²) in [5.41, 5.74) is 1.66. The molecule has 0 radical (unpaired) electrons. The van der Waals surface area contributed by atoms with Crippen molar-refractivity contribution in [1.29, 1.82) is 0 Å². The molecule has 0 heterocycles. The average Bonchev–Trinajstić information content (AvgIpc) is 2.75. The molecule has 0 saturated heterocycles. The van der Waals surface area contributed by atoms with Crippen LogP contribution in [-0.2, 0) is 37.8 Å². The third-order valence-corrected chi connectivity index (χ3v) is 7.91. The van der Waals surface area contributed by atoms with Crippen LogP contribution >= 0.6 is 0 Å². The Hall–Kier alpha value is -2.27. The van der Waals surface area contributed by atoms with Crippen LogP contribution in [0.4, 0.5) is 0 Å². The van der Waals surface area contributed by atoms with Crippen molar-refractivity contribution < 1.29 is 21.6 Å². The molecule has 31 heavy (non-hydrogen) atoms. The van der Waals surface area contributed by atoms with E-state index in [0.29, 0.717) is 25.9 Å². The van der Waals surface area contributed by atoms with Crippen LogP contribution in [0, 0.1) is 0 Å². The van der Waals surface area contributed by atoms with Gasteiger partial charge < -0.3 is 5.32 Å². The molecule has 2 N–H and O–H groups in total. The number of carbonyl (C=O) groups excluding carboxylic acids is 1. The predicted molar refractivity (Wildman–Crippen MR) is 119 cm³/mol. The zero-order valence-electron chi connectivity index (χ0n) is 18.0. The maximum atomic E-state index is 12.1. The zero-order chi connectivity index (χ0) is 23.1. The fourth-order valence-electron chi connectivity index (χ4n) is 2.69. The van der Waals surface area contributed by atoms with Crippen LogP contribution in [0.3, 0.4) is 0 Å². The number of hydrogen-bond donors (Lipinski definition) is 2. The molecule has 0 aromatic heterocycles. The molecular formula is C21H29N3O5S2. The first-order valence-electron chi connectivity index (χ1n) is 9.93. The standard InChI is InChI=1S/C21H29N3O5S2/c1-4-15-23-30(26,27)19-10-5-17(6-11-19)9-14-21(25)22-16-18-7-12-20(13-8-18)31(28,29)24(2)3/h5-8,10-13,23H,4,9,14-16H2,1-3H3,(H,22,25). The van der Waals surface area contributed by atoms with Crippen LogP contribution in [0.1, 0.15) is 30.9 Å². The summed E-state index contributed by atoms with van der Waals surface area (Å²) >= 11 is 0. The van der Waals surface area contributed by atoms with Gasteiger partial charge in [0.25, 0.3) is 0 Å². The van der Waals surface area contributed by atoms with E-state index in [0.717, 1.165) is 15.4 Å². The van der Waals surface area contributed by atoms with Crippen LogP contribution in [0.2, 0.25) is 0 Å². The average molecular weight is 468 g/mol. The van der Waals surface area contributed by atoms with E-state index in [2.05, 4.69) is 10.0 Å². The van der Waals surface area contributed by atoms with Gasteiger partial charge >= 0.3 is 0 Å². The van der Waals surface area contributed by atoms with Gasteiger partial charge in [0.05, 0.1) is 9.79 Å². The molecule has 0 atom stereocenters. The third kappa shape index (κ3) is 7.13. The van der Waals surface area contributed by atoms with Crippen molar-refractivity contribution in [3.63, 3.8) is 0 Å². The summed E-state index contributed by atoms with van der Waals surface area (Å²) in [5, 5.41) is 2.80. The van der Waals surface area contributed by atoms with E-state index in [9.17, 15) is 21.6 Å². The summed E-state index contributed by atoms with van der Waals surface area (Å²) in [5.74, 6) is -0.147. The Labute approximate surface area is 184 Å². The molecular weight excluding hydrogens is 438 g/mol. The summed E-state index contributed by atoms with van der Waals surface area (Å²) in [6.45, 7) is 2.57. The zero-order valence-corrected chi connectivity index (χ0v) is 19.6. The SMILES string of the molecule is CCCNS(=O)(=O)c1ccc(CCC(=O)NCc2ccc(S(=O)(=O)N(C)C)cc2)cc1. The Balaban J connectivity index is 1.84. The van der Waals surface area contributed by atoms with Crippen LogP contribution in [0.5, 0.6) is 0 Å². The van der Waals surface area contributed by atoms with E-state index in [1.54, 1.807) is 24.3 Å². The molecule has 0 aliphatic heterocycles. The van der Waals surface area contributed by atoms with Gasteiger partial charge in [-0.05, 0) is 48.2 Å². The number of nitrogens with zero attached hydrogens (tertiary/aromatic N) is 1. The highest BCUT2D eigenvalue weighted by molar-refractivity contribution is 7.89. The molecule has 2 rings (SSSR count). The Bertz CT molecular complexity index is 1080. The van der Waals surface area contributed by atoms with E-state index in [-0.39, 0.29) is 22.1 Å². The van der Waals surface area contributed by atoms with Gasteiger partial charge in [-0.3, -0.25) is 4.79 Å². The molecule has 0 saturated carbocycles. The van der Waals surface area contributed by atoms with E-state index in [1.165, 1.54) is 38.4 Å². The van der Waals surface area contributed by atoms with Crippen LogP contribution in [-0.4, -0.2) is 47.7 Å². The molecule has 8 nitrogen and oxygen atoms in total. The van der Waals surface area contributed by atoms with Crippen molar-refractivity contribution in [2.24, 2.45) is 0 Å². The highest BCUT2D eigenvalue weighted by atomic mass is 32.2. The fourth-order valence-corrected chi connectivity index (χ4v) is 4.73. The van der Waals surface area contributed by atoms with Gasteiger partial charge in [0.1, 0.15) is 0 Å². The van der Waals surface area contributed by atoms with Gasteiger partial charge in [-0.2, -0.15) is 0 Å². The monoisotopic (exact) mass is 467 g/mol. The van der Waals surface area contributed by atoms with Gasteiger partial charge in [0, 0.05) is 33.6 Å².